The van der Waals surface area contributed by atoms with Crippen LogP contribution in [-0.2, 0) is 11.3 Å². The average molecular weight is 322 g/mol. The van der Waals surface area contributed by atoms with Crippen molar-refractivity contribution in [3.05, 3.63) is 57.2 Å². The topological polar surface area (TPSA) is 64.0 Å². The van der Waals surface area contributed by atoms with Gasteiger partial charge in [-0.15, -0.1) is 0 Å². The van der Waals surface area contributed by atoms with Crippen LogP contribution in [0.15, 0.2) is 45.9 Å². The van der Waals surface area contributed by atoms with Gasteiger partial charge in [-0.05, 0) is 31.2 Å². The van der Waals surface area contributed by atoms with Crippen molar-refractivity contribution in [3.63, 3.8) is 0 Å². The van der Waals surface area contributed by atoms with E-state index in [1.165, 1.54) is 17.0 Å². The van der Waals surface area contributed by atoms with E-state index in [-0.39, 0.29) is 18.0 Å². The molecule has 1 heterocycles. The number of carbonyl (C=O) groups excluding carboxylic acids is 1. The molecule has 0 bridgehead atoms. The molecule has 2 rings (SSSR count). The third kappa shape index (κ3) is 3.75. The Hall–Kier alpha value is -1.95. The number of halogens is 1. The molecule has 6 heteroatoms. The second-order valence-corrected chi connectivity index (χ2v) is 4.97. The first-order chi connectivity index (χ1) is 9.04. The number of amides is 1. The Bertz CT molecular complexity index is 650. The van der Waals surface area contributed by atoms with E-state index < -0.39 is 0 Å². The number of nitrogens with one attached hydrogen (secondary N) is 1. The SMILES string of the molecule is Cc1cc(=O)n(CC(=O)Nc2ccc(Br)cc2)cn1. The standard InChI is InChI=1S/C13H12BrN3O2/c1-9-6-13(19)17(8-15-9)7-12(18)16-11-4-2-10(14)3-5-11/h2-6,8H,7H2,1H3,(H,16,18). The summed E-state index contributed by atoms with van der Waals surface area (Å²) in [5.41, 5.74) is 1.08. The Morgan fingerprint density at radius 2 is 2.05 bits per heavy atom. The minimum absolute atomic E-state index is 0.0534. The van der Waals surface area contributed by atoms with Gasteiger partial charge in [-0.1, -0.05) is 15.9 Å². The number of anilines is 1. The van der Waals surface area contributed by atoms with Crippen LogP contribution in [0.3, 0.4) is 0 Å². The number of carbonyl (C=O) groups is 1. The highest BCUT2D eigenvalue weighted by Gasteiger charge is 2.05. The monoisotopic (exact) mass is 321 g/mol. The summed E-state index contributed by atoms with van der Waals surface area (Å²) in [6.45, 7) is 1.68. The summed E-state index contributed by atoms with van der Waals surface area (Å²) in [7, 11) is 0. The molecule has 1 aromatic carbocycles. The molecule has 0 atom stereocenters. The predicted molar refractivity (Wildman–Crippen MR) is 76.0 cm³/mol. The highest BCUT2D eigenvalue weighted by molar-refractivity contribution is 9.10. The number of nitrogens with zero attached hydrogens (tertiary/aromatic N) is 2. The first kappa shape index (κ1) is 13.5. The van der Waals surface area contributed by atoms with Crippen LogP contribution in [0.4, 0.5) is 5.69 Å². The van der Waals surface area contributed by atoms with Gasteiger partial charge in [-0.25, -0.2) is 4.98 Å². The number of rotatable bonds is 3. The molecule has 1 N–H and O–H groups in total. The normalized spacial score (nSPS) is 10.2. The number of aromatic nitrogens is 2. The summed E-state index contributed by atoms with van der Waals surface area (Å²) in [6, 6.07) is 8.60. The molecular weight excluding hydrogens is 310 g/mol. The van der Waals surface area contributed by atoms with Gasteiger partial charge in [0.05, 0.1) is 6.33 Å². The van der Waals surface area contributed by atoms with Crippen LogP contribution in [0, 0.1) is 6.92 Å². The van der Waals surface area contributed by atoms with Crippen molar-refractivity contribution in [2.24, 2.45) is 0 Å². The zero-order chi connectivity index (χ0) is 13.8. The molecule has 0 saturated heterocycles. The molecule has 0 aliphatic carbocycles. The highest BCUT2D eigenvalue weighted by atomic mass is 79.9. The average Bonchev–Trinajstić information content (AvgIpc) is 2.36. The highest BCUT2D eigenvalue weighted by Crippen LogP contribution is 2.13. The first-order valence-electron chi connectivity index (χ1n) is 5.63. The van der Waals surface area contributed by atoms with Crippen molar-refractivity contribution >= 4 is 27.5 Å². The Morgan fingerprint density at radius 3 is 2.68 bits per heavy atom. The molecule has 0 unspecified atom stereocenters. The maximum Gasteiger partial charge on any atom is 0.253 e. The second-order valence-electron chi connectivity index (χ2n) is 4.05. The third-order valence-electron chi connectivity index (χ3n) is 2.46. The van der Waals surface area contributed by atoms with E-state index >= 15 is 0 Å². The van der Waals surface area contributed by atoms with Crippen molar-refractivity contribution < 1.29 is 4.79 Å². The minimum atomic E-state index is -0.268. The Kier molecular flexibility index (Phi) is 4.11. The molecule has 19 heavy (non-hydrogen) atoms. The maximum absolute atomic E-state index is 11.8. The van der Waals surface area contributed by atoms with Gasteiger partial charge in [0, 0.05) is 21.9 Å². The van der Waals surface area contributed by atoms with Crippen molar-refractivity contribution in [1.29, 1.82) is 0 Å². The minimum Gasteiger partial charge on any atom is -0.325 e. The largest absolute Gasteiger partial charge is 0.325 e. The van der Waals surface area contributed by atoms with E-state index in [9.17, 15) is 9.59 Å². The van der Waals surface area contributed by atoms with Gasteiger partial charge in [0.2, 0.25) is 5.91 Å². The van der Waals surface area contributed by atoms with Crippen LogP contribution >= 0.6 is 15.9 Å². The summed E-state index contributed by atoms with van der Waals surface area (Å²) in [4.78, 5) is 27.4. The van der Waals surface area contributed by atoms with E-state index in [0.29, 0.717) is 11.4 Å². The zero-order valence-electron chi connectivity index (χ0n) is 10.3. The fourth-order valence-corrected chi connectivity index (χ4v) is 1.79. The second kappa shape index (κ2) is 5.79. The molecule has 5 nitrogen and oxygen atoms in total. The van der Waals surface area contributed by atoms with Crippen LogP contribution in [0.2, 0.25) is 0 Å². The molecule has 1 amide bonds. The first-order valence-corrected chi connectivity index (χ1v) is 6.42. The summed E-state index contributed by atoms with van der Waals surface area (Å²) >= 11 is 3.32. The lowest BCUT2D eigenvalue weighted by atomic mass is 10.3. The van der Waals surface area contributed by atoms with E-state index in [2.05, 4.69) is 26.2 Å². The quantitative estimate of drug-likeness (QED) is 0.939. The maximum atomic E-state index is 11.8. The molecule has 0 radical (unpaired) electrons. The Morgan fingerprint density at radius 1 is 1.37 bits per heavy atom. The smallest absolute Gasteiger partial charge is 0.253 e. The summed E-state index contributed by atoms with van der Waals surface area (Å²) < 4.78 is 2.20. The lowest BCUT2D eigenvalue weighted by Crippen LogP contribution is -2.27. The third-order valence-corrected chi connectivity index (χ3v) is 2.99. The van der Waals surface area contributed by atoms with Gasteiger partial charge in [0.25, 0.3) is 5.56 Å². The molecule has 1 aromatic heterocycles. The van der Waals surface area contributed by atoms with Gasteiger partial charge in [0.1, 0.15) is 6.54 Å². The Balaban J connectivity index is 2.05. The number of benzene rings is 1. The Labute approximate surface area is 118 Å². The van der Waals surface area contributed by atoms with Gasteiger partial charge < -0.3 is 5.32 Å². The van der Waals surface area contributed by atoms with Crippen molar-refractivity contribution in [1.82, 2.24) is 9.55 Å². The summed E-state index contributed by atoms with van der Waals surface area (Å²) in [5.74, 6) is -0.268. The fourth-order valence-electron chi connectivity index (χ4n) is 1.52. The number of hydrogen-bond donors (Lipinski definition) is 1. The predicted octanol–water partition coefficient (Wildman–Crippen LogP) is 1.95. The molecule has 0 saturated carbocycles. The molecule has 0 spiro atoms. The van der Waals surface area contributed by atoms with E-state index in [4.69, 9.17) is 0 Å². The van der Waals surface area contributed by atoms with Gasteiger partial charge in [-0.3, -0.25) is 14.2 Å². The molecule has 0 aliphatic rings. The van der Waals surface area contributed by atoms with E-state index in [1.807, 2.05) is 12.1 Å². The van der Waals surface area contributed by atoms with Crippen molar-refractivity contribution in [2.45, 2.75) is 13.5 Å². The number of aryl methyl sites for hydroxylation is 1. The van der Waals surface area contributed by atoms with E-state index in [1.54, 1.807) is 19.1 Å². The molecule has 2 aromatic rings. The van der Waals surface area contributed by atoms with Crippen LogP contribution in [0.25, 0.3) is 0 Å². The molecular formula is C13H12BrN3O2. The van der Waals surface area contributed by atoms with Gasteiger partial charge in [-0.2, -0.15) is 0 Å². The van der Waals surface area contributed by atoms with Crippen LogP contribution in [-0.4, -0.2) is 15.5 Å². The lowest BCUT2D eigenvalue weighted by molar-refractivity contribution is -0.116. The lowest BCUT2D eigenvalue weighted by Gasteiger charge is -2.07. The van der Waals surface area contributed by atoms with Gasteiger partial charge >= 0.3 is 0 Å². The van der Waals surface area contributed by atoms with Crippen LogP contribution < -0.4 is 10.9 Å². The van der Waals surface area contributed by atoms with Crippen molar-refractivity contribution in [2.75, 3.05) is 5.32 Å². The number of hydrogen-bond acceptors (Lipinski definition) is 3. The van der Waals surface area contributed by atoms with Crippen LogP contribution in [0.1, 0.15) is 5.69 Å². The summed E-state index contributed by atoms with van der Waals surface area (Å²) in [5, 5.41) is 2.71. The van der Waals surface area contributed by atoms with Gasteiger partial charge in [0.15, 0.2) is 0 Å². The van der Waals surface area contributed by atoms with Crippen LogP contribution in [0.5, 0.6) is 0 Å². The zero-order valence-corrected chi connectivity index (χ0v) is 11.8. The molecule has 0 fully saturated rings. The van der Waals surface area contributed by atoms with E-state index in [0.717, 1.165) is 4.47 Å². The molecule has 98 valence electrons. The fraction of sp³-hybridized carbons (Fsp3) is 0.154. The summed E-state index contributed by atoms with van der Waals surface area (Å²) in [6.07, 6.45) is 1.37. The van der Waals surface area contributed by atoms with Crippen molar-refractivity contribution in [3.8, 4) is 0 Å². The molecule has 0 aliphatic heterocycles.